The van der Waals surface area contributed by atoms with Crippen molar-refractivity contribution in [2.45, 2.75) is 20.3 Å². The van der Waals surface area contributed by atoms with Gasteiger partial charge in [-0.1, -0.05) is 0 Å². The molecular formula is C9H14F2N4. The van der Waals surface area contributed by atoms with Crippen molar-refractivity contribution < 1.29 is 8.78 Å². The molecule has 0 atom stereocenters. The van der Waals surface area contributed by atoms with E-state index in [2.05, 4.69) is 20.6 Å². The minimum atomic E-state index is -2.39. The van der Waals surface area contributed by atoms with Gasteiger partial charge in [-0.2, -0.15) is 0 Å². The molecule has 15 heavy (non-hydrogen) atoms. The average Bonchev–Trinajstić information content (AvgIpc) is 2.14. The largest absolute Gasteiger partial charge is 0.370 e. The molecule has 1 aromatic heterocycles. The van der Waals surface area contributed by atoms with E-state index in [0.29, 0.717) is 17.5 Å². The second-order valence-corrected chi connectivity index (χ2v) is 2.99. The summed E-state index contributed by atoms with van der Waals surface area (Å²) in [4.78, 5) is 8.09. The van der Waals surface area contributed by atoms with Crippen LogP contribution in [0.1, 0.15) is 12.7 Å². The van der Waals surface area contributed by atoms with Crippen LogP contribution < -0.4 is 10.6 Å². The first-order valence-electron chi connectivity index (χ1n) is 4.73. The zero-order valence-electron chi connectivity index (χ0n) is 8.72. The van der Waals surface area contributed by atoms with Gasteiger partial charge in [0.1, 0.15) is 17.5 Å². The maximum atomic E-state index is 11.9. The van der Waals surface area contributed by atoms with Crippen LogP contribution in [0.25, 0.3) is 0 Å². The van der Waals surface area contributed by atoms with Crippen LogP contribution in [-0.2, 0) is 0 Å². The Labute approximate surface area is 87.1 Å². The highest BCUT2D eigenvalue weighted by Crippen LogP contribution is 2.11. The van der Waals surface area contributed by atoms with E-state index in [1.165, 1.54) is 0 Å². The standard InChI is InChI=1S/C9H14F2N4/c1-3-12-8-4-9(13-5-7(10)11)15-6(2)14-8/h4,7H,3,5H2,1-2H3,(H2,12,13,14,15). The van der Waals surface area contributed by atoms with E-state index in [9.17, 15) is 8.78 Å². The number of nitrogens with one attached hydrogen (secondary N) is 2. The molecule has 0 aromatic carbocycles. The maximum absolute atomic E-state index is 11.9. The zero-order chi connectivity index (χ0) is 11.3. The number of hydrogen-bond acceptors (Lipinski definition) is 4. The molecular weight excluding hydrogens is 202 g/mol. The number of aryl methyl sites for hydroxylation is 1. The number of aromatic nitrogens is 2. The number of nitrogens with zero attached hydrogens (tertiary/aromatic N) is 2. The molecule has 1 aromatic rings. The van der Waals surface area contributed by atoms with Gasteiger partial charge in [0.15, 0.2) is 0 Å². The summed E-state index contributed by atoms with van der Waals surface area (Å²) in [6.07, 6.45) is -2.39. The summed E-state index contributed by atoms with van der Waals surface area (Å²) >= 11 is 0. The number of halogens is 2. The van der Waals surface area contributed by atoms with Crippen molar-refractivity contribution >= 4 is 11.6 Å². The number of hydrogen-bond donors (Lipinski definition) is 2. The van der Waals surface area contributed by atoms with Crippen LogP contribution >= 0.6 is 0 Å². The Kier molecular flexibility index (Phi) is 4.20. The van der Waals surface area contributed by atoms with Gasteiger partial charge in [-0.3, -0.25) is 0 Å². The molecule has 4 nitrogen and oxygen atoms in total. The first-order chi connectivity index (χ1) is 7.11. The van der Waals surface area contributed by atoms with Crippen molar-refractivity contribution in [3.05, 3.63) is 11.9 Å². The molecule has 6 heteroatoms. The molecule has 84 valence electrons. The van der Waals surface area contributed by atoms with Gasteiger partial charge in [-0.15, -0.1) is 0 Å². The van der Waals surface area contributed by atoms with Crippen molar-refractivity contribution in [1.82, 2.24) is 9.97 Å². The van der Waals surface area contributed by atoms with Gasteiger partial charge < -0.3 is 10.6 Å². The lowest BCUT2D eigenvalue weighted by Gasteiger charge is -2.08. The molecule has 0 aliphatic rings. The lowest BCUT2D eigenvalue weighted by molar-refractivity contribution is 0.163. The van der Waals surface area contributed by atoms with Crippen LogP contribution in [0.2, 0.25) is 0 Å². The SMILES string of the molecule is CCNc1cc(NCC(F)F)nc(C)n1. The van der Waals surface area contributed by atoms with Crippen LogP contribution in [0.3, 0.4) is 0 Å². The Hall–Kier alpha value is -1.46. The summed E-state index contributed by atoms with van der Waals surface area (Å²) in [6, 6.07) is 1.61. The smallest absolute Gasteiger partial charge is 0.255 e. The molecule has 0 spiro atoms. The predicted molar refractivity (Wildman–Crippen MR) is 55.4 cm³/mol. The summed E-state index contributed by atoms with van der Waals surface area (Å²) in [5, 5.41) is 5.54. The molecule has 0 radical (unpaired) electrons. The Balaban J connectivity index is 2.70. The first kappa shape index (κ1) is 11.6. The van der Waals surface area contributed by atoms with Gasteiger partial charge >= 0.3 is 0 Å². The summed E-state index contributed by atoms with van der Waals surface area (Å²) < 4.78 is 23.9. The summed E-state index contributed by atoms with van der Waals surface area (Å²) in [5.74, 6) is 1.60. The Bertz CT molecular complexity index is 317. The zero-order valence-corrected chi connectivity index (χ0v) is 8.72. The quantitative estimate of drug-likeness (QED) is 0.789. The van der Waals surface area contributed by atoms with E-state index in [1.807, 2.05) is 6.92 Å². The van der Waals surface area contributed by atoms with Crippen LogP contribution in [0.5, 0.6) is 0 Å². The van der Waals surface area contributed by atoms with Gasteiger partial charge in [-0.25, -0.2) is 18.7 Å². The Morgan fingerprint density at radius 2 is 1.87 bits per heavy atom. The molecule has 0 unspecified atom stereocenters. The van der Waals surface area contributed by atoms with Crippen molar-refractivity contribution in [2.75, 3.05) is 23.7 Å². The van der Waals surface area contributed by atoms with Crippen LogP contribution in [0, 0.1) is 6.92 Å². The fourth-order valence-electron chi connectivity index (χ4n) is 1.11. The molecule has 0 saturated heterocycles. The van der Waals surface area contributed by atoms with Crippen molar-refractivity contribution in [3.63, 3.8) is 0 Å². The van der Waals surface area contributed by atoms with Gasteiger partial charge in [0, 0.05) is 12.6 Å². The molecule has 1 rings (SSSR count). The minimum Gasteiger partial charge on any atom is -0.370 e. The summed E-state index contributed by atoms with van der Waals surface area (Å²) in [6.45, 7) is 3.98. The maximum Gasteiger partial charge on any atom is 0.255 e. The van der Waals surface area contributed by atoms with Crippen LogP contribution in [0.15, 0.2) is 6.07 Å². The lowest BCUT2D eigenvalue weighted by Crippen LogP contribution is -2.12. The highest BCUT2D eigenvalue weighted by molar-refractivity contribution is 5.47. The second kappa shape index (κ2) is 5.43. The topological polar surface area (TPSA) is 49.8 Å². The van der Waals surface area contributed by atoms with Gasteiger partial charge in [0.2, 0.25) is 0 Å². The van der Waals surface area contributed by atoms with Gasteiger partial charge in [0.05, 0.1) is 6.54 Å². The van der Waals surface area contributed by atoms with E-state index in [4.69, 9.17) is 0 Å². The van der Waals surface area contributed by atoms with Crippen LogP contribution in [0.4, 0.5) is 20.4 Å². The highest BCUT2D eigenvalue weighted by atomic mass is 19.3. The second-order valence-electron chi connectivity index (χ2n) is 2.99. The van der Waals surface area contributed by atoms with E-state index in [1.54, 1.807) is 13.0 Å². The molecule has 0 amide bonds. The highest BCUT2D eigenvalue weighted by Gasteiger charge is 2.04. The molecule has 0 fully saturated rings. The number of alkyl halides is 2. The fourth-order valence-corrected chi connectivity index (χ4v) is 1.11. The molecule has 0 bridgehead atoms. The normalized spacial score (nSPS) is 10.5. The van der Waals surface area contributed by atoms with E-state index < -0.39 is 13.0 Å². The third-order valence-electron chi connectivity index (χ3n) is 1.63. The molecule has 1 heterocycles. The van der Waals surface area contributed by atoms with Gasteiger partial charge in [-0.05, 0) is 13.8 Å². The average molecular weight is 216 g/mol. The van der Waals surface area contributed by atoms with Crippen molar-refractivity contribution in [3.8, 4) is 0 Å². The Morgan fingerprint density at radius 3 is 2.40 bits per heavy atom. The first-order valence-corrected chi connectivity index (χ1v) is 4.73. The van der Waals surface area contributed by atoms with E-state index >= 15 is 0 Å². The van der Waals surface area contributed by atoms with Crippen molar-refractivity contribution in [1.29, 1.82) is 0 Å². The third kappa shape index (κ3) is 4.05. The molecule has 2 N–H and O–H groups in total. The summed E-state index contributed by atoms with van der Waals surface area (Å²) in [7, 11) is 0. The Morgan fingerprint density at radius 1 is 1.27 bits per heavy atom. The third-order valence-corrected chi connectivity index (χ3v) is 1.63. The fraction of sp³-hybridized carbons (Fsp3) is 0.556. The number of anilines is 2. The molecule has 0 saturated carbocycles. The predicted octanol–water partition coefficient (Wildman–Crippen LogP) is 1.89. The minimum absolute atomic E-state index is 0.401. The molecule has 0 aliphatic heterocycles. The lowest BCUT2D eigenvalue weighted by atomic mass is 10.4. The number of rotatable bonds is 5. The van der Waals surface area contributed by atoms with E-state index in [-0.39, 0.29) is 0 Å². The van der Waals surface area contributed by atoms with Crippen molar-refractivity contribution in [2.24, 2.45) is 0 Å². The van der Waals surface area contributed by atoms with Gasteiger partial charge in [0.25, 0.3) is 6.43 Å². The van der Waals surface area contributed by atoms with E-state index in [0.717, 1.165) is 6.54 Å². The monoisotopic (exact) mass is 216 g/mol. The molecule has 0 aliphatic carbocycles. The van der Waals surface area contributed by atoms with Crippen LogP contribution in [-0.4, -0.2) is 29.5 Å². The summed E-state index contributed by atoms with van der Waals surface area (Å²) in [5.41, 5.74) is 0.